The number of hydrogen-bond donors (Lipinski definition) is 4. The topological polar surface area (TPSA) is 145 Å². The molecule has 10 nitrogen and oxygen atoms in total. The molecular weight excluding hydrogens is 418 g/mol. The second-order valence-electron chi connectivity index (χ2n) is 8.83. The SMILES string of the molecule is C[C@H](NC(=O)[C@@H]1CCCN1C(=O)OC(C)(C)C)C(=O)N[C@@H](Cc1ccc(O)cc1)C(=O)O. The first kappa shape index (κ1) is 25.0. The molecule has 1 aliphatic heterocycles. The summed E-state index contributed by atoms with van der Waals surface area (Å²) in [6.45, 7) is 7.03. The van der Waals surface area contributed by atoms with Gasteiger partial charge < -0.3 is 25.6 Å². The van der Waals surface area contributed by atoms with Crippen molar-refractivity contribution >= 4 is 23.9 Å². The number of carbonyl (C=O) groups is 4. The van der Waals surface area contributed by atoms with Crippen molar-refractivity contribution in [2.24, 2.45) is 0 Å². The van der Waals surface area contributed by atoms with Crippen molar-refractivity contribution in [3.63, 3.8) is 0 Å². The van der Waals surface area contributed by atoms with Crippen LogP contribution in [0.5, 0.6) is 5.75 Å². The summed E-state index contributed by atoms with van der Waals surface area (Å²) in [6, 6.07) is 3.00. The van der Waals surface area contributed by atoms with Gasteiger partial charge in [-0.3, -0.25) is 14.5 Å². The first-order chi connectivity index (χ1) is 14.9. The zero-order chi connectivity index (χ0) is 24.1. The van der Waals surface area contributed by atoms with E-state index in [1.807, 2.05) is 0 Å². The van der Waals surface area contributed by atoms with Crippen LogP contribution < -0.4 is 10.6 Å². The van der Waals surface area contributed by atoms with E-state index in [0.717, 1.165) is 0 Å². The molecule has 10 heteroatoms. The molecule has 0 aromatic heterocycles. The van der Waals surface area contributed by atoms with Crippen molar-refractivity contribution in [2.75, 3.05) is 6.54 Å². The van der Waals surface area contributed by atoms with Crippen LogP contribution in [0.25, 0.3) is 0 Å². The lowest BCUT2D eigenvalue weighted by Gasteiger charge is -2.28. The molecule has 1 saturated heterocycles. The van der Waals surface area contributed by atoms with Gasteiger partial charge in [0, 0.05) is 13.0 Å². The van der Waals surface area contributed by atoms with E-state index in [-0.39, 0.29) is 12.2 Å². The average molecular weight is 450 g/mol. The van der Waals surface area contributed by atoms with Gasteiger partial charge in [0.15, 0.2) is 0 Å². The number of carboxylic acid groups (broad SMARTS) is 1. The maximum absolute atomic E-state index is 12.7. The summed E-state index contributed by atoms with van der Waals surface area (Å²) in [7, 11) is 0. The highest BCUT2D eigenvalue weighted by atomic mass is 16.6. The monoisotopic (exact) mass is 449 g/mol. The summed E-state index contributed by atoms with van der Waals surface area (Å²) in [5.74, 6) is -2.34. The summed E-state index contributed by atoms with van der Waals surface area (Å²) in [4.78, 5) is 50.5. The molecule has 176 valence electrons. The molecule has 3 atom stereocenters. The molecule has 1 aromatic carbocycles. The van der Waals surface area contributed by atoms with Crippen molar-refractivity contribution in [1.29, 1.82) is 0 Å². The largest absolute Gasteiger partial charge is 0.508 e. The predicted octanol–water partition coefficient (Wildman–Crippen LogP) is 1.41. The van der Waals surface area contributed by atoms with Gasteiger partial charge in [-0.2, -0.15) is 0 Å². The van der Waals surface area contributed by atoms with Crippen LogP contribution in [-0.2, 0) is 25.5 Å². The number of nitrogens with zero attached hydrogens (tertiary/aromatic N) is 1. The maximum Gasteiger partial charge on any atom is 0.410 e. The van der Waals surface area contributed by atoms with Gasteiger partial charge in [0.25, 0.3) is 0 Å². The van der Waals surface area contributed by atoms with E-state index in [1.165, 1.54) is 24.0 Å². The van der Waals surface area contributed by atoms with Gasteiger partial charge >= 0.3 is 12.1 Å². The lowest BCUT2D eigenvalue weighted by atomic mass is 10.1. The van der Waals surface area contributed by atoms with Crippen LogP contribution in [-0.4, -0.2) is 69.3 Å². The summed E-state index contributed by atoms with van der Waals surface area (Å²) in [5.41, 5.74) is -0.0804. The molecule has 0 radical (unpaired) electrons. The number of benzene rings is 1. The standard InChI is InChI=1S/C22H31N3O7/c1-13(18(27)24-16(20(29)30)12-14-7-9-15(26)10-8-14)23-19(28)17-6-5-11-25(17)21(31)32-22(2,3)4/h7-10,13,16-17,26H,5-6,11-12H2,1-4H3,(H,23,28)(H,24,27)(H,29,30)/t13-,16-,17-/m0/s1. The lowest BCUT2D eigenvalue weighted by molar-refractivity contribution is -0.142. The normalized spacial score (nSPS) is 17.9. The lowest BCUT2D eigenvalue weighted by Crippen LogP contribution is -2.54. The Bertz CT molecular complexity index is 848. The Hall–Kier alpha value is -3.30. The highest BCUT2D eigenvalue weighted by Crippen LogP contribution is 2.21. The number of carboxylic acids is 1. The zero-order valence-electron chi connectivity index (χ0n) is 18.8. The minimum Gasteiger partial charge on any atom is -0.508 e. The third-order valence-electron chi connectivity index (χ3n) is 4.93. The fourth-order valence-corrected chi connectivity index (χ4v) is 3.32. The van der Waals surface area contributed by atoms with Crippen molar-refractivity contribution < 1.29 is 34.1 Å². The van der Waals surface area contributed by atoms with Crippen molar-refractivity contribution in [1.82, 2.24) is 15.5 Å². The number of rotatable bonds is 7. The molecular formula is C22H31N3O7. The molecule has 1 aliphatic rings. The minimum atomic E-state index is -1.23. The quantitative estimate of drug-likeness (QED) is 0.492. The van der Waals surface area contributed by atoms with Crippen LogP contribution in [0.4, 0.5) is 4.79 Å². The molecule has 0 spiro atoms. The third-order valence-corrected chi connectivity index (χ3v) is 4.93. The Kier molecular flexibility index (Phi) is 8.07. The van der Waals surface area contributed by atoms with E-state index < -0.39 is 47.6 Å². The first-order valence-electron chi connectivity index (χ1n) is 10.5. The summed E-state index contributed by atoms with van der Waals surface area (Å²) < 4.78 is 5.34. The van der Waals surface area contributed by atoms with E-state index >= 15 is 0 Å². The van der Waals surface area contributed by atoms with Crippen LogP contribution in [0, 0.1) is 0 Å². The highest BCUT2D eigenvalue weighted by Gasteiger charge is 2.37. The molecule has 3 amide bonds. The number of hydrogen-bond acceptors (Lipinski definition) is 6. The van der Waals surface area contributed by atoms with E-state index in [2.05, 4.69) is 10.6 Å². The highest BCUT2D eigenvalue weighted by molar-refractivity contribution is 5.92. The van der Waals surface area contributed by atoms with Gasteiger partial charge in [-0.15, -0.1) is 0 Å². The van der Waals surface area contributed by atoms with E-state index in [1.54, 1.807) is 32.9 Å². The number of likely N-dealkylation sites (tertiary alicyclic amines) is 1. The first-order valence-corrected chi connectivity index (χ1v) is 10.5. The smallest absolute Gasteiger partial charge is 0.410 e. The molecule has 0 saturated carbocycles. The second-order valence-corrected chi connectivity index (χ2v) is 8.83. The van der Waals surface area contributed by atoms with Gasteiger partial charge in [0.1, 0.15) is 29.5 Å². The average Bonchev–Trinajstić information content (AvgIpc) is 3.17. The Labute approximate surface area is 186 Å². The Morgan fingerprint density at radius 2 is 1.78 bits per heavy atom. The van der Waals surface area contributed by atoms with E-state index in [9.17, 15) is 29.4 Å². The van der Waals surface area contributed by atoms with Gasteiger partial charge in [0.2, 0.25) is 11.8 Å². The van der Waals surface area contributed by atoms with E-state index in [0.29, 0.717) is 24.9 Å². The van der Waals surface area contributed by atoms with Gasteiger partial charge in [-0.25, -0.2) is 9.59 Å². The fraction of sp³-hybridized carbons (Fsp3) is 0.545. The molecule has 1 heterocycles. The number of aromatic hydroxyl groups is 1. The number of amides is 3. The van der Waals surface area contributed by atoms with Crippen LogP contribution in [0.1, 0.15) is 46.1 Å². The molecule has 0 aliphatic carbocycles. The van der Waals surface area contributed by atoms with Crippen LogP contribution in [0.2, 0.25) is 0 Å². The molecule has 4 N–H and O–H groups in total. The molecule has 32 heavy (non-hydrogen) atoms. The number of aliphatic carboxylic acids is 1. The second kappa shape index (κ2) is 10.3. The van der Waals surface area contributed by atoms with Crippen LogP contribution in [0.3, 0.4) is 0 Å². The molecule has 2 rings (SSSR count). The number of carbonyl (C=O) groups excluding carboxylic acids is 3. The number of ether oxygens (including phenoxy) is 1. The Morgan fingerprint density at radius 3 is 2.34 bits per heavy atom. The number of phenols is 1. The maximum atomic E-state index is 12.7. The molecule has 0 unspecified atom stereocenters. The summed E-state index contributed by atoms with van der Waals surface area (Å²) in [6.07, 6.45) is 0.493. The third kappa shape index (κ3) is 7.14. The van der Waals surface area contributed by atoms with E-state index in [4.69, 9.17) is 4.74 Å². The zero-order valence-corrected chi connectivity index (χ0v) is 18.8. The summed E-state index contributed by atoms with van der Waals surface area (Å²) in [5, 5.41) is 23.8. The van der Waals surface area contributed by atoms with Gasteiger partial charge in [0.05, 0.1) is 0 Å². The minimum absolute atomic E-state index is 0.0110. The predicted molar refractivity (Wildman–Crippen MR) is 115 cm³/mol. The van der Waals surface area contributed by atoms with Gasteiger partial charge in [-0.05, 0) is 58.2 Å². The van der Waals surface area contributed by atoms with Crippen molar-refractivity contribution in [2.45, 2.75) is 70.7 Å². The van der Waals surface area contributed by atoms with Gasteiger partial charge in [-0.1, -0.05) is 12.1 Å². The summed E-state index contributed by atoms with van der Waals surface area (Å²) >= 11 is 0. The van der Waals surface area contributed by atoms with Crippen LogP contribution >= 0.6 is 0 Å². The molecule has 1 fully saturated rings. The fourth-order valence-electron chi connectivity index (χ4n) is 3.32. The number of nitrogens with one attached hydrogen (secondary N) is 2. The Morgan fingerprint density at radius 1 is 1.16 bits per heavy atom. The Balaban J connectivity index is 1.96. The molecule has 0 bridgehead atoms. The van der Waals surface area contributed by atoms with Crippen molar-refractivity contribution in [3.05, 3.63) is 29.8 Å². The number of phenolic OH excluding ortho intramolecular Hbond substituents is 1. The van der Waals surface area contributed by atoms with Crippen LogP contribution in [0.15, 0.2) is 24.3 Å². The van der Waals surface area contributed by atoms with Crippen molar-refractivity contribution in [3.8, 4) is 5.75 Å². The molecule has 1 aromatic rings.